The van der Waals surface area contributed by atoms with Crippen molar-refractivity contribution in [2.45, 2.75) is 6.92 Å². The molecule has 0 saturated heterocycles. The molecule has 0 aliphatic rings. The fraction of sp³-hybridized carbons (Fsp3) is 0.0556. The van der Waals surface area contributed by atoms with Gasteiger partial charge in [-0.1, -0.05) is 29.3 Å². The van der Waals surface area contributed by atoms with Gasteiger partial charge in [-0.25, -0.2) is 9.97 Å². The van der Waals surface area contributed by atoms with Gasteiger partial charge in [0.05, 0.1) is 10.0 Å². The molecule has 0 saturated carbocycles. The van der Waals surface area contributed by atoms with Crippen LogP contribution in [0, 0.1) is 0 Å². The first-order valence-corrected chi connectivity index (χ1v) is 8.44. The molecule has 0 aliphatic carbocycles. The molecule has 0 bridgehead atoms. The second-order valence-corrected chi connectivity index (χ2v) is 6.24. The minimum Gasteiger partial charge on any atom is -0.340 e. The van der Waals surface area contributed by atoms with Gasteiger partial charge in [0, 0.05) is 30.1 Å². The zero-order chi connectivity index (χ0) is 18.5. The van der Waals surface area contributed by atoms with Crippen LogP contribution < -0.4 is 16.0 Å². The van der Waals surface area contributed by atoms with Gasteiger partial charge in [0.25, 0.3) is 0 Å². The number of benzene rings is 2. The number of anilines is 5. The Morgan fingerprint density at radius 1 is 0.846 bits per heavy atom. The summed E-state index contributed by atoms with van der Waals surface area (Å²) < 4.78 is 0. The lowest BCUT2D eigenvalue weighted by Crippen LogP contribution is -2.06. The number of carbonyl (C=O) groups is 1. The van der Waals surface area contributed by atoms with Gasteiger partial charge in [-0.2, -0.15) is 0 Å². The van der Waals surface area contributed by atoms with Crippen LogP contribution in [0.25, 0.3) is 0 Å². The lowest BCUT2D eigenvalue weighted by Gasteiger charge is -2.10. The van der Waals surface area contributed by atoms with Crippen LogP contribution in [0.2, 0.25) is 10.0 Å². The Bertz CT molecular complexity index is 948. The van der Waals surface area contributed by atoms with Crippen molar-refractivity contribution in [2.24, 2.45) is 0 Å². The molecule has 0 aliphatic heterocycles. The summed E-state index contributed by atoms with van der Waals surface area (Å²) in [6.07, 6.45) is 1.44. The molecule has 8 heteroatoms. The Morgan fingerprint density at radius 2 is 1.50 bits per heavy atom. The molecule has 1 amide bonds. The van der Waals surface area contributed by atoms with E-state index >= 15 is 0 Å². The molecule has 1 heterocycles. The van der Waals surface area contributed by atoms with Crippen LogP contribution in [-0.4, -0.2) is 15.9 Å². The molecule has 132 valence electrons. The molecule has 3 rings (SSSR count). The smallest absolute Gasteiger partial charge is 0.221 e. The number of nitrogens with one attached hydrogen (secondary N) is 3. The average molecular weight is 388 g/mol. The lowest BCUT2D eigenvalue weighted by molar-refractivity contribution is -0.114. The van der Waals surface area contributed by atoms with Crippen LogP contribution in [0.1, 0.15) is 6.92 Å². The fourth-order valence-electron chi connectivity index (χ4n) is 2.24. The van der Waals surface area contributed by atoms with E-state index < -0.39 is 0 Å². The molecule has 26 heavy (non-hydrogen) atoms. The summed E-state index contributed by atoms with van der Waals surface area (Å²) >= 11 is 11.9. The summed E-state index contributed by atoms with van der Waals surface area (Å²) in [4.78, 5) is 19.6. The number of aromatic nitrogens is 2. The highest BCUT2D eigenvalue weighted by Crippen LogP contribution is 2.27. The quantitative estimate of drug-likeness (QED) is 0.558. The van der Waals surface area contributed by atoms with Crippen molar-refractivity contribution in [2.75, 3.05) is 16.0 Å². The molecule has 6 nitrogen and oxygen atoms in total. The molecule has 3 N–H and O–H groups in total. The number of hydrogen-bond acceptors (Lipinski definition) is 5. The summed E-state index contributed by atoms with van der Waals surface area (Å²) in [5, 5.41) is 10.0. The van der Waals surface area contributed by atoms with Crippen LogP contribution in [0.3, 0.4) is 0 Å². The highest BCUT2D eigenvalue weighted by Gasteiger charge is 2.04. The number of rotatable bonds is 5. The molecule has 0 unspecified atom stereocenters. The topological polar surface area (TPSA) is 78.9 Å². The van der Waals surface area contributed by atoms with E-state index in [2.05, 4.69) is 25.9 Å². The van der Waals surface area contributed by atoms with Crippen molar-refractivity contribution in [3.05, 3.63) is 64.9 Å². The van der Waals surface area contributed by atoms with E-state index in [0.717, 1.165) is 11.4 Å². The minimum atomic E-state index is -0.128. The lowest BCUT2D eigenvalue weighted by atomic mass is 10.2. The third-order valence-corrected chi connectivity index (χ3v) is 4.05. The van der Waals surface area contributed by atoms with E-state index in [4.69, 9.17) is 23.2 Å². The predicted octanol–water partition coefficient (Wildman–Crippen LogP) is 5.23. The highest BCUT2D eigenvalue weighted by atomic mass is 35.5. The van der Waals surface area contributed by atoms with Crippen LogP contribution in [0.15, 0.2) is 54.9 Å². The number of amides is 1. The fourth-order valence-corrected chi connectivity index (χ4v) is 2.54. The van der Waals surface area contributed by atoms with Gasteiger partial charge in [-0.3, -0.25) is 4.79 Å². The van der Waals surface area contributed by atoms with Gasteiger partial charge in [0.1, 0.15) is 18.0 Å². The number of hydrogen-bond donors (Lipinski definition) is 3. The van der Waals surface area contributed by atoms with Gasteiger partial charge in [-0.15, -0.1) is 0 Å². The molecular formula is C18H15Cl2N5O. The summed E-state index contributed by atoms with van der Waals surface area (Å²) in [6.45, 7) is 1.46. The third kappa shape index (κ3) is 4.84. The maximum atomic E-state index is 11.2. The highest BCUT2D eigenvalue weighted by molar-refractivity contribution is 6.42. The van der Waals surface area contributed by atoms with Crippen molar-refractivity contribution < 1.29 is 4.79 Å². The first-order valence-electron chi connectivity index (χ1n) is 7.68. The van der Waals surface area contributed by atoms with Crippen molar-refractivity contribution in [1.29, 1.82) is 0 Å². The van der Waals surface area contributed by atoms with E-state index in [0.29, 0.717) is 27.4 Å². The normalized spacial score (nSPS) is 10.3. The van der Waals surface area contributed by atoms with Gasteiger partial charge in [0.15, 0.2) is 0 Å². The van der Waals surface area contributed by atoms with Gasteiger partial charge in [-0.05, 0) is 36.4 Å². The second kappa shape index (κ2) is 8.03. The molecule has 0 fully saturated rings. The Morgan fingerprint density at radius 3 is 2.15 bits per heavy atom. The van der Waals surface area contributed by atoms with Crippen molar-refractivity contribution in [1.82, 2.24) is 9.97 Å². The SMILES string of the molecule is CC(=O)Nc1cccc(Nc2cc(Nc3ccc(Cl)c(Cl)c3)ncn2)c1. The second-order valence-electron chi connectivity index (χ2n) is 5.43. The number of halogens is 2. The maximum absolute atomic E-state index is 11.2. The summed E-state index contributed by atoms with van der Waals surface area (Å²) in [6, 6.07) is 14.3. The van der Waals surface area contributed by atoms with Gasteiger partial charge < -0.3 is 16.0 Å². The van der Waals surface area contributed by atoms with E-state index in [1.807, 2.05) is 24.3 Å². The summed E-state index contributed by atoms with van der Waals surface area (Å²) in [7, 11) is 0. The Balaban J connectivity index is 1.75. The van der Waals surface area contributed by atoms with Crippen LogP contribution in [0.5, 0.6) is 0 Å². The van der Waals surface area contributed by atoms with E-state index in [-0.39, 0.29) is 5.91 Å². The monoisotopic (exact) mass is 387 g/mol. The van der Waals surface area contributed by atoms with E-state index in [1.165, 1.54) is 13.3 Å². The van der Waals surface area contributed by atoms with Crippen molar-refractivity contribution in [3.8, 4) is 0 Å². The molecular weight excluding hydrogens is 373 g/mol. The third-order valence-electron chi connectivity index (χ3n) is 3.31. The Labute approximate surface area is 160 Å². The molecule has 2 aromatic carbocycles. The molecule has 0 atom stereocenters. The maximum Gasteiger partial charge on any atom is 0.221 e. The Kier molecular flexibility index (Phi) is 5.55. The van der Waals surface area contributed by atoms with E-state index in [1.54, 1.807) is 24.3 Å². The molecule has 3 aromatic rings. The summed E-state index contributed by atoms with van der Waals surface area (Å²) in [5.74, 6) is 1.07. The van der Waals surface area contributed by atoms with Gasteiger partial charge in [0.2, 0.25) is 5.91 Å². The van der Waals surface area contributed by atoms with Crippen molar-refractivity contribution >= 4 is 57.8 Å². The predicted molar refractivity (Wildman–Crippen MR) is 106 cm³/mol. The number of carbonyl (C=O) groups excluding carboxylic acids is 1. The zero-order valence-electron chi connectivity index (χ0n) is 13.8. The zero-order valence-corrected chi connectivity index (χ0v) is 15.3. The first-order chi connectivity index (χ1) is 12.5. The van der Waals surface area contributed by atoms with Gasteiger partial charge >= 0.3 is 0 Å². The van der Waals surface area contributed by atoms with Crippen LogP contribution in [-0.2, 0) is 4.79 Å². The van der Waals surface area contributed by atoms with E-state index in [9.17, 15) is 4.79 Å². The molecule has 0 radical (unpaired) electrons. The first kappa shape index (κ1) is 18.0. The van der Waals surface area contributed by atoms with Crippen LogP contribution >= 0.6 is 23.2 Å². The average Bonchev–Trinajstić information content (AvgIpc) is 2.58. The molecule has 0 spiro atoms. The standard InChI is InChI=1S/C18H15Cl2N5O/c1-11(26)23-12-3-2-4-13(7-12)24-17-9-18(22-10-21-17)25-14-5-6-15(19)16(20)8-14/h2-10H,1H3,(H,23,26)(H2,21,22,24,25). The minimum absolute atomic E-state index is 0.128. The molecule has 1 aromatic heterocycles. The van der Waals surface area contributed by atoms with Crippen LogP contribution in [0.4, 0.5) is 28.7 Å². The summed E-state index contributed by atoms with van der Waals surface area (Å²) in [5.41, 5.74) is 2.25. The largest absolute Gasteiger partial charge is 0.340 e. The van der Waals surface area contributed by atoms with Crippen molar-refractivity contribution in [3.63, 3.8) is 0 Å². The Hall–Kier alpha value is -2.83. The number of nitrogens with zero attached hydrogens (tertiary/aromatic N) is 2.